The first-order chi connectivity index (χ1) is 11.2. The Morgan fingerprint density at radius 3 is 2.74 bits per heavy atom. The van der Waals surface area contributed by atoms with Gasteiger partial charge in [-0.3, -0.25) is 4.79 Å². The van der Waals surface area contributed by atoms with Crippen molar-refractivity contribution in [2.24, 2.45) is 0 Å². The molecule has 122 valence electrons. The Hall–Kier alpha value is -2.49. The summed E-state index contributed by atoms with van der Waals surface area (Å²) in [7, 11) is 0. The van der Waals surface area contributed by atoms with E-state index in [1.54, 1.807) is 19.3 Å². The molecule has 0 unspecified atom stereocenters. The minimum Gasteiger partial charge on any atom is -0.488 e. The molecule has 0 atom stereocenters. The van der Waals surface area contributed by atoms with Gasteiger partial charge in [0.1, 0.15) is 18.1 Å². The van der Waals surface area contributed by atoms with Crippen LogP contribution in [0.3, 0.4) is 0 Å². The molecule has 0 aliphatic rings. The Bertz CT molecular complexity index is 670. The van der Waals surface area contributed by atoms with E-state index in [1.165, 1.54) is 0 Å². The zero-order chi connectivity index (χ0) is 16.7. The summed E-state index contributed by atoms with van der Waals surface area (Å²) in [5.74, 6) is 1.32. The Morgan fingerprint density at radius 2 is 2.04 bits per heavy atom. The average Bonchev–Trinajstić information content (AvgIpc) is 2.96. The van der Waals surface area contributed by atoms with Crippen LogP contribution in [0.2, 0.25) is 0 Å². The molecule has 1 heterocycles. The first kappa shape index (κ1) is 16.9. The number of carbonyl (C=O) groups is 1. The summed E-state index contributed by atoms with van der Waals surface area (Å²) in [5.41, 5.74) is 2.74. The van der Waals surface area contributed by atoms with Gasteiger partial charge < -0.3 is 13.9 Å². The fourth-order valence-corrected chi connectivity index (χ4v) is 2.39. The van der Waals surface area contributed by atoms with Crippen molar-refractivity contribution >= 4 is 12.0 Å². The third kappa shape index (κ3) is 4.25. The maximum absolute atomic E-state index is 11.7. The van der Waals surface area contributed by atoms with Gasteiger partial charge in [0, 0.05) is 23.1 Å². The topological polar surface area (TPSA) is 48.7 Å². The fraction of sp³-hybridized carbons (Fsp3) is 0.316. The smallest absolute Gasteiger partial charge is 0.310 e. The van der Waals surface area contributed by atoms with Crippen LogP contribution in [0.5, 0.6) is 5.75 Å². The van der Waals surface area contributed by atoms with E-state index in [4.69, 9.17) is 13.9 Å². The summed E-state index contributed by atoms with van der Waals surface area (Å²) >= 11 is 0. The van der Waals surface area contributed by atoms with Gasteiger partial charge in [-0.05, 0) is 13.0 Å². The number of hydrogen-bond acceptors (Lipinski definition) is 4. The van der Waals surface area contributed by atoms with Crippen LogP contribution in [0.1, 0.15) is 36.3 Å². The Morgan fingerprint density at radius 1 is 1.26 bits per heavy atom. The van der Waals surface area contributed by atoms with E-state index in [-0.39, 0.29) is 12.4 Å². The molecule has 0 aliphatic heterocycles. The zero-order valence-electron chi connectivity index (χ0n) is 13.6. The molecule has 0 bridgehead atoms. The highest BCUT2D eigenvalue weighted by molar-refractivity contribution is 5.73. The predicted molar refractivity (Wildman–Crippen MR) is 89.3 cm³/mol. The van der Waals surface area contributed by atoms with Crippen molar-refractivity contribution in [3.8, 4) is 5.75 Å². The van der Waals surface area contributed by atoms with E-state index in [0.717, 1.165) is 28.9 Å². The molecular weight excluding hydrogens is 292 g/mol. The van der Waals surface area contributed by atoms with Crippen LogP contribution in [0.4, 0.5) is 0 Å². The highest BCUT2D eigenvalue weighted by Crippen LogP contribution is 2.24. The van der Waals surface area contributed by atoms with Gasteiger partial charge in [-0.2, -0.15) is 0 Å². The molecular formula is C19H22O4. The zero-order valence-corrected chi connectivity index (χ0v) is 13.6. The molecule has 0 N–H and O–H groups in total. The van der Waals surface area contributed by atoms with Crippen molar-refractivity contribution in [3.05, 3.63) is 59.6 Å². The molecule has 1 aromatic carbocycles. The first-order valence-corrected chi connectivity index (χ1v) is 7.77. The molecule has 2 aromatic rings. The molecule has 2 rings (SSSR count). The monoisotopic (exact) mass is 314 g/mol. The predicted octanol–water partition coefficient (Wildman–Crippen LogP) is 4.17. The van der Waals surface area contributed by atoms with Crippen LogP contribution >= 0.6 is 0 Å². The number of carbonyl (C=O) groups excluding carboxylic acids is 1. The summed E-state index contributed by atoms with van der Waals surface area (Å²) in [6.45, 7) is 8.39. The quantitative estimate of drug-likeness (QED) is 0.686. The van der Waals surface area contributed by atoms with Gasteiger partial charge >= 0.3 is 5.97 Å². The molecule has 4 heteroatoms. The van der Waals surface area contributed by atoms with E-state index < -0.39 is 0 Å². The summed E-state index contributed by atoms with van der Waals surface area (Å²) in [5, 5.41) is 0. The lowest BCUT2D eigenvalue weighted by atomic mass is 10.1. The van der Waals surface area contributed by atoms with Crippen molar-refractivity contribution < 1.29 is 18.7 Å². The number of rotatable bonds is 8. The van der Waals surface area contributed by atoms with Gasteiger partial charge in [-0.1, -0.05) is 37.8 Å². The molecule has 0 fully saturated rings. The fourth-order valence-electron chi connectivity index (χ4n) is 2.39. The van der Waals surface area contributed by atoms with Gasteiger partial charge in [-0.15, -0.1) is 0 Å². The standard InChI is InChI=1S/C19H22O4/c1-4-16-15(12-22-17(16)5-2)13-23-18-10-8-7-9-14(18)11-19(20)21-6-3/h4,7-10,12H,1,5-6,11,13H2,2-3H3. The highest BCUT2D eigenvalue weighted by atomic mass is 16.5. The summed E-state index contributed by atoms with van der Waals surface area (Å²) in [6, 6.07) is 7.48. The highest BCUT2D eigenvalue weighted by Gasteiger charge is 2.13. The lowest BCUT2D eigenvalue weighted by Crippen LogP contribution is -2.09. The van der Waals surface area contributed by atoms with E-state index >= 15 is 0 Å². The van der Waals surface area contributed by atoms with Crippen LogP contribution in [0.25, 0.3) is 6.08 Å². The second kappa shape index (κ2) is 8.22. The Balaban J connectivity index is 2.10. The molecule has 1 aromatic heterocycles. The van der Waals surface area contributed by atoms with Crippen LogP contribution in [-0.2, 0) is 29.0 Å². The first-order valence-electron chi connectivity index (χ1n) is 7.77. The maximum atomic E-state index is 11.7. The normalized spacial score (nSPS) is 10.3. The van der Waals surface area contributed by atoms with Crippen molar-refractivity contribution in [1.82, 2.24) is 0 Å². The van der Waals surface area contributed by atoms with E-state index in [1.807, 2.05) is 31.2 Å². The molecule has 0 saturated heterocycles. The molecule has 0 saturated carbocycles. The second-order valence-corrected chi connectivity index (χ2v) is 5.03. The number of para-hydroxylation sites is 1. The summed E-state index contributed by atoms with van der Waals surface area (Å²) in [6.07, 6.45) is 4.49. The van der Waals surface area contributed by atoms with Crippen molar-refractivity contribution in [2.45, 2.75) is 33.3 Å². The van der Waals surface area contributed by atoms with Crippen LogP contribution in [0, 0.1) is 0 Å². The van der Waals surface area contributed by atoms with Crippen LogP contribution in [-0.4, -0.2) is 12.6 Å². The number of aryl methyl sites for hydroxylation is 1. The van der Waals surface area contributed by atoms with E-state index in [2.05, 4.69) is 6.58 Å². The third-order valence-electron chi connectivity index (χ3n) is 3.51. The lowest BCUT2D eigenvalue weighted by Gasteiger charge is -2.11. The number of hydrogen-bond donors (Lipinski definition) is 0. The van der Waals surface area contributed by atoms with Crippen LogP contribution in [0.15, 0.2) is 41.5 Å². The number of ether oxygens (including phenoxy) is 2. The molecule has 4 nitrogen and oxygen atoms in total. The van der Waals surface area contributed by atoms with Crippen molar-refractivity contribution in [3.63, 3.8) is 0 Å². The van der Waals surface area contributed by atoms with Gasteiger partial charge in [0.2, 0.25) is 0 Å². The van der Waals surface area contributed by atoms with Crippen molar-refractivity contribution in [2.75, 3.05) is 6.61 Å². The molecule has 0 aliphatic carbocycles. The molecule has 0 amide bonds. The van der Waals surface area contributed by atoms with Gasteiger partial charge in [-0.25, -0.2) is 0 Å². The largest absolute Gasteiger partial charge is 0.488 e. The SMILES string of the molecule is C=Cc1c(COc2ccccc2CC(=O)OCC)coc1CC. The summed E-state index contributed by atoms with van der Waals surface area (Å²) < 4.78 is 16.4. The number of furan rings is 1. The number of benzene rings is 1. The van der Waals surface area contributed by atoms with Gasteiger partial charge in [0.25, 0.3) is 0 Å². The van der Waals surface area contributed by atoms with Gasteiger partial charge in [0.15, 0.2) is 0 Å². The molecule has 23 heavy (non-hydrogen) atoms. The average molecular weight is 314 g/mol. The Kier molecular flexibility index (Phi) is 6.03. The lowest BCUT2D eigenvalue weighted by molar-refractivity contribution is -0.142. The molecule has 0 spiro atoms. The van der Waals surface area contributed by atoms with E-state index in [9.17, 15) is 4.79 Å². The molecule has 0 radical (unpaired) electrons. The third-order valence-corrected chi connectivity index (χ3v) is 3.51. The number of esters is 1. The van der Waals surface area contributed by atoms with E-state index in [0.29, 0.717) is 19.0 Å². The van der Waals surface area contributed by atoms with Crippen molar-refractivity contribution in [1.29, 1.82) is 0 Å². The van der Waals surface area contributed by atoms with Crippen LogP contribution < -0.4 is 4.74 Å². The maximum Gasteiger partial charge on any atom is 0.310 e. The second-order valence-electron chi connectivity index (χ2n) is 5.03. The van der Waals surface area contributed by atoms with Gasteiger partial charge in [0.05, 0.1) is 19.3 Å². The summed E-state index contributed by atoms with van der Waals surface area (Å²) in [4.78, 5) is 11.7. The minimum absolute atomic E-state index is 0.198. The Labute approximate surface area is 136 Å². The minimum atomic E-state index is -0.257.